The van der Waals surface area contributed by atoms with Gasteiger partial charge in [0.15, 0.2) is 5.11 Å². The normalized spacial score (nSPS) is 12.0. The Kier molecular flexibility index (Phi) is 5.38. The lowest BCUT2D eigenvalue weighted by Crippen LogP contribution is -2.38. The summed E-state index contributed by atoms with van der Waals surface area (Å²) in [6.45, 7) is 6.80. The van der Waals surface area contributed by atoms with E-state index < -0.39 is 0 Å². The van der Waals surface area contributed by atoms with E-state index in [0.717, 1.165) is 5.69 Å². The molecular weight excluding hydrogens is 232 g/mol. The Morgan fingerprint density at radius 1 is 1.41 bits per heavy atom. The smallest absolute Gasteiger partial charge is 0.171 e. The van der Waals surface area contributed by atoms with E-state index in [1.165, 1.54) is 11.1 Å². The van der Waals surface area contributed by atoms with Gasteiger partial charge in [-0.3, -0.25) is 0 Å². The summed E-state index contributed by atoms with van der Waals surface area (Å²) in [5.41, 5.74) is 3.48. The van der Waals surface area contributed by atoms with Crippen LogP contribution in [-0.4, -0.2) is 24.9 Å². The van der Waals surface area contributed by atoms with E-state index in [4.69, 9.17) is 17.0 Å². The van der Waals surface area contributed by atoms with Crippen LogP contribution in [0.3, 0.4) is 0 Å². The predicted molar refractivity (Wildman–Crippen MR) is 76.6 cm³/mol. The summed E-state index contributed by atoms with van der Waals surface area (Å²) in [7, 11) is 1.68. The summed E-state index contributed by atoms with van der Waals surface area (Å²) in [4.78, 5) is 0. The molecule has 4 heteroatoms. The monoisotopic (exact) mass is 252 g/mol. The van der Waals surface area contributed by atoms with Gasteiger partial charge in [0.25, 0.3) is 0 Å². The number of aryl methyl sites for hydroxylation is 2. The van der Waals surface area contributed by atoms with E-state index >= 15 is 0 Å². The molecule has 0 amide bonds. The second-order valence-corrected chi connectivity index (χ2v) is 4.68. The summed E-state index contributed by atoms with van der Waals surface area (Å²) in [5.74, 6) is 0. The average Bonchev–Trinajstić information content (AvgIpc) is 2.22. The number of benzene rings is 1. The number of nitrogens with one attached hydrogen (secondary N) is 2. The molecule has 0 radical (unpaired) electrons. The summed E-state index contributed by atoms with van der Waals surface area (Å²) in [6, 6.07) is 6.44. The van der Waals surface area contributed by atoms with Crippen molar-refractivity contribution in [3.8, 4) is 0 Å². The molecule has 0 aliphatic heterocycles. The molecule has 0 fully saturated rings. The van der Waals surface area contributed by atoms with Gasteiger partial charge in [-0.15, -0.1) is 0 Å². The van der Waals surface area contributed by atoms with E-state index in [1.54, 1.807) is 7.11 Å². The van der Waals surface area contributed by atoms with E-state index in [-0.39, 0.29) is 6.04 Å². The van der Waals surface area contributed by atoms with Crippen molar-refractivity contribution < 1.29 is 4.74 Å². The summed E-state index contributed by atoms with van der Waals surface area (Å²) >= 11 is 5.24. The van der Waals surface area contributed by atoms with E-state index in [0.29, 0.717) is 11.7 Å². The highest BCUT2D eigenvalue weighted by Gasteiger charge is 2.05. The SMILES string of the molecule is COCC(C)NC(=S)Nc1ccc(C)cc1C. The number of hydrogen-bond donors (Lipinski definition) is 2. The Balaban J connectivity index is 2.56. The number of ether oxygens (including phenoxy) is 1. The fraction of sp³-hybridized carbons (Fsp3) is 0.462. The molecule has 1 aromatic rings. The van der Waals surface area contributed by atoms with Gasteiger partial charge in [0.05, 0.1) is 6.61 Å². The van der Waals surface area contributed by atoms with Crippen molar-refractivity contribution in [1.82, 2.24) is 5.32 Å². The molecule has 0 saturated heterocycles. The van der Waals surface area contributed by atoms with Crippen LogP contribution in [0.25, 0.3) is 0 Å². The van der Waals surface area contributed by atoms with Crippen LogP contribution in [0.5, 0.6) is 0 Å². The van der Waals surface area contributed by atoms with Crippen LogP contribution >= 0.6 is 12.2 Å². The largest absolute Gasteiger partial charge is 0.383 e. The van der Waals surface area contributed by atoms with E-state index in [2.05, 4.69) is 36.6 Å². The first-order chi connectivity index (χ1) is 8.02. The van der Waals surface area contributed by atoms with Crippen LogP contribution in [0.1, 0.15) is 18.1 Å². The summed E-state index contributed by atoms with van der Waals surface area (Å²) < 4.78 is 5.04. The van der Waals surface area contributed by atoms with E-state index in [1.807, 2.05) is 13.0 Å². The van der Waals surface area contributed by atoms with Crippen LogP contribution in [0.4, 0.5) is 5.69 Å². The summed E-state index contributed by atoms with van der Waals surface area (Å²) in [6.07, 6.45) is 0. The number of hydrogen-bond acceptors (Lipinski definition) is 2. The highest BCUT2D eigenvalue weighted by atomic mass is 32.1. The number of rotatable bonds is 4. The van der Waals surface area contributed by atoms with Gasteiger partial charge in [0, 0.05) is 18.8 Å². The molecule has 0 heterocycles. The zero-order chi connectivity index (χ0) is 12.8. The standard InChI is InChI=1S/C13H20N2OS/c1-9-5-6-12(10(2)7-9)15-13(17)14-11(3)8-16-4/h5-7,11H,8H2,1-4H3,(H2,14,15,17). The molecule has 17 heavy (non-hydrogen) atoms. The number of thiocarbonyl (C=S) groups is 1. The Bertz CT molecular complexity index is 393. The minimum absolute atomic E-state index is 0.200. The Labute approximate surface area is 109 Å². The first-order valence-corrected chi connectivity index (χ1v) is 6.07. The quantitative estimate of drug-likeness (QED) is 0.807. The molecule has 2 N–H and O–H groups in total. The lowest BCUT2D eigenvalue weighted by Gasteiger charge is -2.17. The Morgan fingerprint density at radius 2 is 2.12 bits per heavy atom. The van der Waals surface area contributed by atoms with Crippen molar-refractivity contribution in [1.29, 1.82) is 0 Å². The van der Waals surface area contributed by atoms with Gasteiger partial charge in [-0.25, -0.2) is 0 Å². The van der Waals surface area contributed by atoms with Gasteiger partial charge in [0.1, 0.15) is 0 Å². The second-order valence-electron chi connectivity index (χ2n) is 4.27. The molecule has 0 bridgehead atoms. The molecule has 1 unspecified atom stereocenters. The van der Waals surface area contributed by atoms with Crippen molar-refractivity contribution in [2.45, 2.75) is 26.8 Å². The predicted octanol–water partition coefficient (Wildman–Crippen LogP) is 2.62. The third-order valence-electron chi connectivity index (χ3n) is 2.42. The first-order valence-electron chi connectivity index (χ1n) is 5.66. The molecule has 0 aliphatic rings. The second kappa shape index (κ2) is 6.57. The van der Waals surface area contributed by atoms with E-state index in [9.17, 15) is 0 Å². The summed E-state index contributed by atoms with van der Waals surface area (Å²) in [5, 5.41) is 6.98. The lowest BCUT2D eigenvalue weighted by atomic mass is 10.1. The number of anilines is 1. The molecule has 3 nitrogen and oxygen atoms in total. The van der Waals surface area contributed by atoms with Crippen molar-refractivity contribution in [2.24, 2.45) is 0 Å². The van der Waals surface area contributed by atoms with Crippen molar-refractivity contribution >= 4 is 23.0 Å². The van der Waals surface area contributed by atoms with Crippen LogP contribution < -0.4 is 10.6 Å². The molecule has 1 aromatic carbocycles. The van der Waals surface area contributed by atoms with Gasteiger partial charge < -0.3 is 15.4 Å². The Hall–Kier alpha value is -1.13. The average molecular weight is 252 g/mol. The third kappa shape index (κ3) is 4.71. The van der Waals surface area contributed by atoms with Gasteiger partial charge in [-0.05, 0) is 44.6 Å². The molecular formula is C13H20N2OS. The fourth-order valence-electron chi connectivity index (χ4n) is 1.63. The zero-order valence-electron chi connectivity index (χ0n) is 10.8. The minimum atomic E-state index is 0.200. The fourth-order valence-corrected chi connectivity index (χ4v) is 1.94. The zero-order valence-corrected chi connectivity index (χ0v) is 11.6. The maximum Gasteiger partial charge on any atom is 0.171 e. The van der Waals surface area contributed by atoms with Crippen LogP contribution in [0, 0.1) is 13.8 Å². The molecule has 0 saturated carbocycles. The topological polar surface area (TPSA) is 33.3 Å². The molecule has 1 atom stereocenters. The van der Waals surface area contributed by atoms with Crippen molar-refractivity contribution in [3.05, 3.63) is 29.3 Å². The molecule has 94 valence electrons. The lowest BCUT2D eigenvalue weighted by molar-refractivity contribution is 0.179. The Morgan fingerprint density at radius 3 is 2.71 bits per heavy atom. The maximum absolute atomic E-state index is 5.24. The van der Waals surface area contributed by atoms with Crippen molar-refractivity contribution in [2.75, 3.05) is 19.0 Å². The maximum atomic E-state index is 5.24. The molecule has 0 aromatic heterocycles. The van der Waals surface area contributed by atoms with Gasteiger partial charge in [-0.2, -0.15) is 0 Å². The van der Waals surface area contributed by atoms with Gasteiger partial charge >= 0.3 is 0 Å². The minimum Gasteiger partial charge on any atom is -0.383 e. The van der Waals surface area contributed by atoms with Crippen LogP contribution in [-0.2, 0) is 4.74 Å². The van der Waals surface area contributed by atoms with Crippen LogP contribution in [0.15, 0.2) is 18.2 Å². The van der Waals surface area contributed by atoms with Crippen LogP contribution in [0.2, 0.25) is 0 Å². The molecule has 0 spiro atoms. The third-order valence-corrected chi connectivity index (χ3v) is 2.64. The molecule has 0 aliphatic carbocycles. The first kappa shape index (κ1) is 13.9. The molecule has 1 rings (SSSR count). The highest BCUT2D eigenvalue weighted by Crippen LogP contribution is 2.15. The van der Waals surface area contributed by atoms with Gasteiger partial charge in [0.2, 0.25) is 0 Å². The van der Waals surface area contributed by atoms with Gasteiger partial charge in [-0.1, -0.05) is 17.7 Å². The number of methoxy groups -OCH3 is 1. The van der Waals surface area contributed by atoms with Crippen molar-refractivity contribution in [3.63, 3.8) is 0 Å². The highest BCUT2D eigenvalue weighted by molar-refractivity contribution is 7.80.